The van der Waals surface area contributed by atoms with Gasteiger partial charge in [-0.25, -0.2) is 0 Å². The van der Waals surface area contributed by atoms with Crippen LogP contribution in [0.15, 0.2) is 34.7 Å². The van der Waals surface area contributed by atoms with Gasteiger partial charge in [-0.1, -0.05) is 18.2 Å². The van der Waals surface area contributed by atoms with E-state index in [1.807, 2.05) is 30.3 Å². The summed E-state index contributed by atoms with van der Waals surface area (Å²) < 4.78 is 11.1. The maximum absolute atomic E-state index is 5.55. The number of aromatic nitrogens is 2. The van der Waals surface area contributed by atoms with Gasteiger partial charge in [0, 0.05) is 19.0 Å². The number of hydrogen-bond acceptors (Lipinski definition) is 5. The van der Waals surface area contributed by atoms with E-state index in [4.69, 9.17) is 9.15 Å². The van der Waals surface area contributed by atoms with E-state index < -0.39 is 0 Å². The van der Waals surface area contributed by atoms with Crippen LogP contribution in [0.2, 0.25) is 0 Å². The average Bonchev–Trinajstić information content (AvgIpc) is 3.16. The summed E-state index contributed by atoms with van der Waals surface area (Å²) in [5.41, 5.74) is 0. The molecular formula is C14H17N3O2. The van der Waals surface area contributed by atoms with Crippen molar-refractivity contribution in [3.63, 3.8) is 0 Å². The van der Waals surface area contributed by atoms with Gasteiger partial charge in [0.25, 0.3) is 5.89 Å². The monoisotopic (exact) mass is 259 g/mol. The van der Waals surface area contributed by atoms with Crippen LogP contribution in [0.25, 0.3) is 0 Å². The van der Waals surface area contributed by atoms with E-state index in [1.165, 1.54) is 12.8 Å². The molecule has 100 valence electrons. The van der Waals surface area contributed by atoms with Gasteiger partial charge in [-0.15, -0.1) is 10.2 Å². The minimum atomic E-state index is 0.313. The SMILES string of the molecule is c1ccc(OCc2nnc(CCNC3CC3)o2)cc1. The number of rotatable bonds is 7. The summed E-state index contributed by atoms with van der Waals surface area (Å²) in [7, 11) is 0. The van der Waals surface area contributed by atoms with E-state index in [-0.39, 0.29) is 0 Å². The van der Waals surface area contributed by atoms with Crippen LogP contribution in [0.4, 0.5) is 0 Å². The Morgan fingerprint density at radius 3 is 2.74 bits per heavy atom. The highest BCUT2D eigenvalue weighted by Crippen LogP contribution is 2.18. The van der Waals surface area contributed by atoms with Crippen molar-refractivity contribution in [2.24, 2.45) is 0 Å². The van der Waals surface area contributed by atoms with E-state index in [0.29, 0.717) is 24.4 Å². The quantitative estimate of drug-likeness (QED) is 0.823. The Labute approximate surface area is 112 Å². The number of para-hydroxylation sites is 1. The van der Waals surface area contributed by atoms with Crippen LogP contribution < -0.4 is 10.1 Å². The Morgan fingerprint density at radius 2 is 1.95 bits per heavy atom. The Morgan fingerprint density at radius 1 is 1.16 bits per heavy atom. The number of ether oxygens (including phenoxy) is 1. The zero-order chi connectivity index (χ0) is 12.9. The summed E-state index contributed by atoms with van der Waals surface area (Å²) in [6, 6.07) is 10.3. The number of hydrogen-bond donors (Lipinski definition) is 1. The smallest absolute Gasteiger partial charge is 0.253 e. The van der Waals surface area contributed by atoms with Crippen LogP contribution in [0.1, 0.15) is 24.6 Å². The van der Waals surface area contributed by atoms with Crippen molar-refractivity contribution in [2.45, 2.75) is 31.9 Å². The molecule has 2 aromatic rings. The second-order valence-electron chi connectivity index (χ2n) is 4.67. The highest BCUT2D eigenvalue weighted by molar-refractivity contribution is 5.20. The summed E-state index contributed by atoms with van der Waals surface area (Å²) in [6.45, 7) is 1.21. The largest absolute Gasteiger partial charge is 0.484 e. The minimum absolute atomic E-state index is 0.313. The topological polar surface area (TPSA) is 60.2 Å². The molecule has 0 spiro atoms. The second-order valence-corrected chi connectivity index (χ2v) is 4.67. The summed E-state index contributed by atoms with van der Waals surface area (Å²) in [4.78, 5) is 0. The Bertz CT molecular complexity index is 508. The predicted octanol–water partition coefficient (Wildman–Crippen LogP) is 1.94. The molecule has 0 bridgehead atoms. The fraction of sp³-hybridized carbons (Fsp3) is 0.429. The van der Waals surface area contributed by atoms with E-state index in [9.17, 15) is 0 Å². The maximum atomic E-state index is 5.55. The van der Waals surface area contributed by atoms with Crippen molar-refractivity contribution in [3.8, 4) is 5.75 Å². The van der Waals surface area contributed by atoms with Crippen LogP contribution >= 0.6 is 0 Å². The lowest BCUT2D eigenvalue weighted by molar-refractivity contribution is 0.259. The van der Waals surface area contributed by atoms with Gasteiger partial charge in [0.1, 0.15) is 5.75 Å². The lowest BCUT2D eigenvalue weighted by Gasteiger charge is -2.01. The van der Waals surface area contributed by atoms with Crippen LogP contribution in [0, 0.1) is 0 Å². The van der Waals surface area contributed by atoms with Gasteiger partial charge in [-0.2, -0.15) is 0 Å². The average molecular weight is 259 g/mol. The van der Waals surface area contributed by atoms with Crippen molar-refractivity contribution in [3.05, 3.63) is 42.1 Å². The third kappa shape index (κ3) is 3.79. The lowest BCUT2D eigenvalue weighted by Crippen LogP contribution is -2.19. The first-order valence-corrected chi connectivity index (χ1v) is 6.62. The summed E-state index contributed by atoms with van der Waals surface area (Å²) in [5, 5.41) is 11.4. The number of benzene rings is 1. The molecule has 0 atom stereocenters. The third-order valence-electron chi connectivity index (χ3n) is 2.96. The van der Waals surface area contributed by atoms with Crippen LogP contribution in [-0.2, 0) is 13.0 Å². The van der Waals surface area contributed by atoms with Crippen molar-refractivity contribution >= 4 is 0 Å². The first-order chi connectivity index (χ1) is 9.40. The third-order valence-corrected chi connectivity index (χ3v) is 2.96. The highest BCUT2D eigenvalue weighted by Gasteiger charge is 2.20. The molecule has 1 saturated carbocycles. The first kappa shape index (κ1) is 12.2. The standard InChI is InChI=1S/C14H17N3O2/c1-2-4-12(5-3-1)18-10-14-17-16-13(19-14)8-9-15-11-6-7-11/h1-5,11,15H,6-10H2. The molecular weight excluding hydrogens is 242 g/mol. The molecule has 5 nitrogen and oxygen atoms in total. The first-order valence-electron chi connectivity index (χ1n) is 6.62. The van der Waals surface area contributed by atoms with Crippen molar-refractivity contribution < 1.29 is 9.15 Å². The van der Waals surface area contributed by atoms with Gasteiger partial charge in [-0.3, -0.25) is 0 Å². The molecule has 0 radical (unpaired) electrons. The van der Waals surface area contributed by atoms with Crippen molar-refractivity contribution in [2.75, 3.05) is 6.54 Å². The molecule has 0 saturated heterocycles. The van der Waals surface area contributed by atoms with E-state index in [2.05, 4.69) is 15.5 Å². The molecule has 0 aliphatic heterocycles. The molecule has 19 heavy (non-hydrogen) atoms. The zero-order valence-electron chi connectivity index (χ0n) is 10.7. The van der Waals surface area contributed by atoms with Crippen LogP contribution in [0.3, 0.4) is 0 Å². The molecule has 0 amide bonds. The molecule has 3 rings (SSSR count). The van der Waals surface area contributed by atoms with E-state index in [0.717, 1.165) is 18.7 Å². The Hall–Kier alpha value is -1.88. The maximum Gasteiger partial charge on any atom is 0.253 e. The molecule has 1 N–H and O–H groups in total. The second kappa shape index (κ2) is 5.84. The molecule has 1 fully saturated rings. The summed E-state index contributed by atoms with van der Waals surface area (Å²) in [6.07, 6.45) is 3.36. The number of nitrogens with one attached hydrogen (secondary N) is 1. The number of nitrogens with zero attached hydrogens (tertiary/aromatic N) is 2. The van der Waals surface area contributed by atoms with Gasteiger partial charge >= 0.3 is 0 Å². The molecule has 1 aliphatic carbocycles. The van der Waals surface area contributed by atoms with Crippen molar-refractivity contribution in [1.29, 1.82) is 0 Å². The van der Waals surface area contributed by atoms with E-state index in [1.54, 1.807) is 0 Å². The predicted molar refractivity (Wildman–Crippen MR) is 69.8 cm³/mol. The lowest BCUT2D eigenvalue weighted by atomic mass is 10.3. The molecule has 1 aliphatic rings. The zero-order valence-corrected chi connectivity index (χ0v) is 10.7. The summed E-state index contributed by atoms with van der Waals surface area (Å²) >= 11 is 0. The summed E-state index contributed by atoms with van der Waals surface area (Å²) in [5.74, 6) is 1.99. The van der Waals surface area contributed by atoms with E-state index >= 15 is 0 Å². The molecule has 5 heteroatoms. The normalized spacial score (nSPS) is 14.5. The Kier molecular flexibility index (Phi) is 3.74. The van der Waals surface area contributed by atoms with Crippen molar-refractivity contribution in [1.82, 2.24) is 15.5 Å². The van der Waals surface area contributed by atoms with Gasteiger partial charge in [0.2, 0.25) is 5.89 Å². The van der Waals surface area contributed by atoms with Gasteiger partial charge in [-0.05, 0) is 25.0 Å². The minimum Gasteiger partial charge on any atom is -0.484 e. The fourth-order valence-corrected chi connectivity index (χ4v) is 1.78. The molecule has 1 aromatic heterocycles. The van der Waals surface area contributed by atoms with Gasteiger partial charge in [0.15, 0.2) is 6.61 Å². The molecule has 0 unspecified atom stereocenters. The molecule has 1 heterocycles. The molecule has 1 aromatic carbocycles. The Balaban J connectivity index is 1.44. The van der Waals surface area contributed by atoms with Crippen LogP contribution in [0.5, 0.6) is 5.75 Å². The van der Waals surface area contributed by atoms with Gasteiger partial charge < -0.3 is 14.5 Å². The van der Waals surface area contributed by atoms with Gasteiger partial charge in [0.05, 0.1) is 0 Å². The highest BCUT2D eigenvalue weighted by atomic mass is 16.5. The van der Waals surface area contributed by atoms with Crippen LogP contribution in [-0.4, -0.2) is 22.8 Å². The fourth-order valence-electron chi connectivity index (χ4n) is 1.78.